The lowest BCUT2D eigenvalue weighted by Gasteiger charge is -2.25. The maximum Gasteiger partial charge on any atom is 0.308 e. The van der Waals surface area contributed by atoms with Crippen molar-refractivity contribution in [3.63, 3.8) is 0 Å². The van der Waals surface area contributed by atoms with Crippen molar-refractivity contribution in [2.45, 2.75) is 64.8 Å². The number of rotatable bonds is 8. The third-order valence-electron chi connectivity index (χ3n) is 5.28. The lowest BCUT2D eigenvalue weighted by Crippen LogP contribution is -2.30. The molecule has 0 aromatic heterocycles. The fourth-order valence-electron chi connectivity index (χ4n) is 4.18. The van der Waals surface area contributed by atoms with Crippen molar-refractivity contribution in [1.82, 2.24) is 5.01 Å². The zero-order valence-electron chi connectivity index (χ0n) is 15.8. The van der Waals surface area contributed by atoms with Gasteiger partial charge in [-0.15, -0.1) is 0 Å². The third-order valence-corrected chi connectivity index (χ3v) is 5.28. The zero-order valence-corrected chi connectivity index (χ0v) is 15.8. The van der Waals surface area contributed by atoms with Crippen LogP contribution in [-0.2, 0) is 14.3 Å². The Labute approximate surface area is 146 Å². The lowest BCUT2D eigenvalue weighted by molar-refractivity contribution is -0.146. The summed E-state index contributed by atoms with van der Waals surface area (Å²) < 4.78 is 10.3. The number of carbonyl (C=O) groups is 1. The molecule has 5 heteroatoms. The summed E-state index contributed by atoms with van der Waals surface area (Å²) in [6.45, 7) is 6.23. The number of hydrogen-bond donors (Lipinski definition) is 0. The maximum absolute atomic E-state index is 12.0. The third kappa shape index (κ3) is 5.20. The Morgan fingerprint density at radius 3 is 2.67 bits per heavy atom. The van der Waals surface area contributed by atoms with Crippen LogP contribution in [0.5, 0.6) is 0 Å². The summed E-state index contributed by atoms with van der Waals surface area (Å²) in [6, 6.07) is 0.400. The molecule has 0 amide bonds. The minimum Gasteiger partial charge on any atom is -0.469 e. The van der Waals surface area contributed by atoms with Gasteiger partial charge in [-0.05, 0) is 50.4 Å². The highest BCUT2D eigenvalue weighted by atomic mass is 16.5. The molecule has 0 bridgehead atoms. The molecule has 0 unspecified atom stereocenters. The summed E-state index contributed by atoms with van der Waals surface area (Å²) in [7, 11) is 3.26. The molecule has 0 radical (unpaired) electrons. The Hall–Kier alpha value is -1.10. The number of esters is 1. The van der Waals surface area contributed by atoms with Gasteiger partial charge in [-0.25, -0.2) is 0 Å². The van der Waals surface area contributed by atoms with Crippen molar-refractivity contribution >= 4 is 11.7 Å². The Balaban J connectivity index is 2.07. The van der Waals surface area contributed by atoms with Crippen molar-refractivity contribution in [2.24, 2.45) is 22.9 Å². The minimum absolute atomic E-state index is 0.0418. The van der Waals surface area contributed by atoms with Gasteiger partial charge in [0.1, 0.15) is 0 Å². The first kappa shape index (κ1) is 19.2. The van der Waals surface area contributed by atoms with Crippen LogP contribution >= 0.6 is 0 Å². The standard InChI is InChI=1S/C19H34N2O3/c1-14(2)11-16(20-21-10-6-8-17(21)13-23-3)12-15-7-5-9-18(15)19(22)24-4/h14-15,17-18H,5-13H2,1-4H3/b20-16+/t15-,17+,18+/m1/s1. The highest BCUT2D eigenvalue weighted by Crippen LogP contribution is 2.36. The predicted octanol–water partition coefficient (Wildman–Crippen LogP) is 3.48. The van der Waals surface area contributed by atoms with E-state index in [2.05, 4.69) is 18.9 Å². The second kappa shape index (κ2) is 9.40. The Bertz CT molecular complexity index is 436. The zero-order chi connectivity index (χ0) is 17.5. The van der Waals surface area contributed by atoms with Gasteiger partial charge in [0, 0.05) is 19.4 Å². The molecule has 1 heterocycles. The van der Waals surface area contributed by atoms with Crippen LogP contribution < -0.4 is 0 Å². The number of hydrogen-bond acceptors (Lipinski definition) is 5. The Morgan fingerprint density at radius 1 is 1.21 bits per heavy atom. The molecule has 0 aromatic carbocycles. The van der Waals surface area contributed by atoms with E-state index >= 15 is 0 Å². The maximum atomic E-state index is 12.0. The molecule has 0 aromatic rings. The van der Waals surface area contributed by atoms with Crippen LogP contribution in [0.2, 0.25) is 0 Å². The van der Waals surface area contributed by atoms with Crippen molar-refractivity contribution < 1.29 is 14.3 Å². The summed E-state index contributed by atoms with van der Waals surface area (Å²) >= 11 is 0. The second-order valence-electron chi connectivity index (χ2n) is 7.70. The molecular formula is C19H34N2O3. The molecule has 0 spiro atoms. The first-order valence-electron chi connectivity index (χ1n) is 9.44. The van der Waals surface area contributed by atoms with Gasteiger partial charge < -0.3 is 9.47 Å². The monoisotopic (exact) mass is 338 g/mol. The first-order chi connectivity index (χ1) is 11.5. The van der Waals surface area contributed by atoms with E-state index < -0.39 is 0 Å². The predicted molar refractivity (Wildman–Crippen MR) is 96.0 cm³/mol. The van der Waals surface area contributed by atoms with Crippen molar-refractivity contribution in [1.29, 1.82) is 0 Å². The highest BCUT2D eigenvalue weighted by Gasteiger charge is 2.35. The van der Waals surface area contributed by atoms with E-state index in [1.54, 1.807) is 7.11 Å². The summed E-state index contributed by atoms with van der Waals surface area (Å²) in [6.07, 6.45) is 7.45. The van der Waals surface area contributed by atoms with Gasteiger partial charge in [-0.2, -0.15) is 5.10 Å². The van der Waals surface area contributed by atoms with Crippen LogP contribution in [0.15, 0.2) is 5.10 Å². The topological polar surface area (TPSA) is 51.1 Å². The van der Waals surface area contributed by atoms with E-state index in [1.165, 1.54) is 19.2 Å². The number of methoxy groups -OCH3 is 2. The average molecular weight is 338 g/mol. The molecule has 2 rings (SSSR count). The fourth-order valence-corrected chi connectivity index (χ4v) is 4.18. The molecule has 138 valence electrons. The SMILES string of the molecule is COC[C@@H]1CCCN1/N=C(\CC(C)C)C[C@H]1CCC[C@@H]1C(=O)OC. The molecular weight excluding hydrogens is 304 g/mol. The summed E-state index contributed by atoms with van der Waals surface area (Å²) in [4.78, 5) is 12.0. The van der Waals surface area contributed by atoms with Gasteiger partial charge in [0.05, 0.1) is 25.7 Å². The van der Waals surface area contributed by atoms with Crippen molar-refractivity contribution in [3.8, 4) is 0 Å². The van der Waals surface area contributed by atoms with Crippen LogP contribution in [0, 0.1) is 17.8 Å². The van der Waals surface area contributed by atoms with Gasteiger partial charge in [0.15, 0.2) is 0 Å². The van der Waals surface area contributed by atoms with E-state index in [0.717, 1.165) is 51.7 Å². The minimum atomic E-state index is -0.0418. The lowest BCUT2D eigenvalue weighted by atomic mass is 9.88. The molecule has 1 saturated carbocycles. The van der Waals surface area contributed by atoms with Gasteiger partial charge in [-0.1, -0.05) is 20.3 Å². The molecule has 3 atom stereocenters. The summed E-state index contributed by atoms with van der Waals surface area (Å²) in [5.41, 5.74) is 1.24. The molecule has 1 aliphatic carbocycles. The normalized spacial score (nSPS) is 28.0. The van der Waals surface area contributed by atoms with Gasteiger partial charge in [-0.3, -0.25) is 9.80 Å². The summed E-state index contributed by atoms with van der Waals surface area (Å²) in [5.74, 6) is 0.976. The fraction of sp³-hybridized carbons (Fsp3) is 0.895. The molecule has 1 aliphatic heterocycles. The quantitative estimate of drug-likeness (QED) is 0.502. The first-order valence-corrected chi connectivity index (χ1v) is 9.44. The average Bonchev–Trinajstić information content (AvgIpc) is 3.16. The molecule has 5 nitrogen and oxygen atoms in total. The van der Waals surface area contributed by atoms with Crippen molar-refractivity contribution in [3.05, 3.63) is 0 Å². The van der Waals surface area contributed by atoms with Crippen LogP contribution in [0.25, 0.3) is 0 Å². The van der Waals surface area contributed by atoms with Gasteiger partial charge >= 0.3 is 5.97 Å². The smallest absolute Gasteiger partial charge is 0.308 e. The molecule has 2 fully saturated rings. The Kier molecular flexibility index (Phi) is 7.53. The molecule has 24 heavy (non-hydrogen) atoms. The molecule has 1 saturated heterocycles. The van der Waals surface area contributed by atoms with Gasteiger partial charge in [0.2, 0.25) is 0 Å². The summed E-state index contributed by atoms with van der Waals surface area (Å²) in [5, 5.41) is 7.24. The van der Waals surface area contributed by atoms with Crippen LogP contribution in [-0.4, -0.2) is 50.1 Å². The molecule has 0 N–H and O–H groups in total. The van der Waals surface area contributed by atoms with E-state index in [4.69, 9.17) is 14.6 Å². The van der Waals surface area contributed by atoms with E-state index in [0.29, 0.717) is 17.9 Å². The largest absolute Gasteiger partial charge is 0.469 e. The number of nitrogens with zero attached hydrogens (tertiary/aromatic N) is 2. The Morgan fingerprint density at radius 2 is 2.00 bits per heavy atom. The van der Waals surface area contributed by atoms with E-state index in [9.17, 15) is 4.79 Å². The number of carbonyl (C=O) groups excluding carboxylic acids is 1. The van der Waals surface area contributed by atoms with Crippen LogP contribution in [0.1, 0.15) is 58.8 Å². The second-order valence-corrected chi connectivity index (χ2v) is 7.70. The van der Waals surface area contributed by atoms with E-state index in [-0.39, 0.29) is 11.9 Å². The van der Waals surface area contributed by atoms with Crippen LogP contribution in [0.3, 0.4) is 0 Å². The molecule has 2 aliphatic rings. The van der Waals surface area contributed by atoms with E-state index in [1.807, 2.05) is 0 Å². The highest BCUT2D eigenvalue weighted by molar-refractivity contribution is 5.85. The number of ether oxygens (including phenoxy) is 2. The van der Waals surface area contributed by atoms with Crippen LogP contribution in [0.4, 0.5) is 0 Å². The van der Waals surface area contributed by atoms with Gasteiger partial charge in [0.25, 0.3) is 0 Å². The van der Waals surface area contributed by atoms with Crippen molar-refractivity contribution in [2.75, 3.05) is 27.4 Å². The number of hydrazone groups is 1.